The number of allylic oxidation sites excluding steroid dienone is 8. The summed E-state index contributed by atoms with van der Waals surface area (Å²) in [4.78, 5) is 34.6. The predicted octanol–water partition coefficient (Wildman–Crippen LogP) is 10.4. The number of nitrogens with two attached hydrogens (primary N) is 1. The molecule has 0 heterocycles. The molecule has 3 N–H and O–H groups in total. The molecule has 0 aliphatic heterocycles. The molecule has 0 aromatic rings. The Hall–Kier alpha value is -2.03. The Morgan fingerprint density at radius 1 is 0.633 bits per heavy atom. The summed E-state index contributed by atoms with van der Waals surface area (Å²) in [5, 5.41) is 0. The predicted molar refractivity (Wildman–Crippen MR) is 201 cm³/mol. The Balaban J connectivity index is 4.21. The highest BCUT2D eigenvalue weighted by atomic mass is 31.2. The molecule has 0 aromatic heterocycles. The van der Waals surface area contributed by atoms with Crippen LogP contribution in [0.1, 0.15) is 155 Å². The highest BCUT2D eigenvalue weighted by molar-refractivity contribution is 7.47. The highest BCUT2D eigenvalue weighted by Gasteiger charge is 2.25. The highest BCUT2D eigenvalue weighted by Crippen LogP contribution is 2.43. The van der Waals surface area contributed by atoms with Gasteiger partial charge in [0.25, 0.3) is 0 Å². The van der Waals surface area contributed by atoms with Crippen molar-refractivity contribution in [2.24, 2.45) is 5.73 Å². The van der Waals surface area contributed by atoms with Crippen LogP contribution in [-0.2, 0) is 32.7 Å². The standard InChI is InChI=1S/C39H70NO8P/c1-3-5-7-9-11-13-14-15-16-17-18-19-20-21-22-24-26-28-30-32-39(42)48-37(36-47-49(43,44)46-34-33-40)35-45-38(41)31-29-27-25-23-12-10-8-6-4-2/h5,7,11,13,15-16,18-19,37H,3-4,6,8-10,12,14,17,20-36,40H2,1-2H3,(H,43,44)/b7-5-,13-11-,16-15-,19-18-. The second kappa shape index (κ2) is 35.8. The fourth-order valence-electron chi connectivity index (χ4n) is 4.92. The van der Waals surface area contributed by atoms with Gasteiger partial charge in [-0.1, -0.05) is 140 Å². The lowest BCUT2D eigenvalue weighted by Gasteiger charge is -2.19. The quantitative estimate of drug-likeness (QED) is 0.0285. The van der Waals surface area contributed by atoms with Gasteiger partial charge < -0.3 is 20.1 Å². The van der Waals surface area contributed by atoms with Crippen LogP contribution in [0.5, 0.6) is 0 Å². The summed E-state index contributed by atoms with van der Waals surface area (Å²) in [6.07, 6.45) is 38.6. The molecule has 49 heavy (non-hydrogen) atoms. The lowest BCUT2D eigenvalue weighted by molar-refractivity contribution is -0.161. The van der Waals surface area contributed by atoms with Gasteiger partial charge >= 0.3 is 19.8 Å². The maximum atomic E-state index is 12.5. The van der Waals surface area contributed by atoms with Crippen molar-refractivity contribution in [2.45, 2.75) is 161 Å². The number of hydrogen-bond donors (Lipinski definition) is 2. The van der Waals surface area contributed by atoms with E-state index < -0.39 is 32.5 Å². The van der Waals surface area contributed by atoms with Crippen molar-refractivity contribution in [1.29, 1.82) is 0 Å². The first-order valence-electron chi connectivity index (χ1n) is 19.1. The fraction of sp³-hybridized carbons (Fsp3) is 0.744. The average molecular weight is 712 g/mol. The zero-order valence-corrected chi connectivity index (χ0v) is 31.8. The number of phosphoric acid groups is 1. The number of rotatable bonds is 35. The minimum absolute atomic E-state index is 0.0497. The lowest BCUT2D eigenvalue weighted by Crippen LogP contribution is -2.29. The van der Waals surface area contributed by atoms with Gasteiger partial charge in [-0.05, 0) is 51.4 Å². The average Bonchev–Trinajstić information content (AvgIpc) is 3.08. The van der Waals surface area contributed by atoms with Crippen molar-refractivity contribution < 1.29 is 37.6 Å². The third kappa shape index (κ3) is 35.6. The Morgan fingerprint density at radius 3 is 1.67 bits per heavy atom. The van der Waals surface area contributed by atoms with E-state index in [1.807, 2.05) is 0 Å². The van der Waals surface area contributed by atoms with E-state index in [4.69, 9.17) is 24.3 Å². The summed E-state index contributed by atoms with van der Waals surface area (Å²) in [6, 6.07) is 0. The summed E-state index contributed by atoms with van der Waals surface area (Å²) in [6.45, 7) is 3.56. The van der Waals surface area contributed by atoms with Crippen molar-refractivity contribution in [1.82, 2.24) is 0 Å². The Bertz CT molecular complexity index is 949. The summed E-state index contributed by atoms with van der Waals surface area (Å²) >= 11 is 0. The van der Waals surface area contributed by atoms with Crippen LogP contribution in [0.25, 0.3) is 0 Å². The number of carbonyl (C=O) groups is 2. The lowest BCUT2D eigenvalue weighted by atomic mass is 10.1. The molecular formula is C39H70NO8P. The molecule has 0 amide bonds. The van der Waals surface area contributed by atoms with E-state index in [1.54, 1.807) is 0 Å². The first kappa shape index (κ1) is 47.0. The van der Waals surface area contributed by atoms with Crippen molar-refractivity contribution in [3.63, 3.8) is 0 Å². The van der Waals surface area contributed by atoms with Gasteiger partial charge in [-0.25, -0.2) is 4.57 Å². The SMILES string of the molecule is CC/C=C\C/C=C\C/C=C\C/C=C\CCCCCCCCC(=O)OC(COC(=O)CCCCCCCCCCC)COP(=O)(O)OCCN. The minimum Gasteiger partial charge on any atom is -0.462 e. The molecule has 284 valence electrons. The van der Waals surface area contributed by atoms with Crippen molar-refractivity contribution in [2.75, 3.05) is 26.4 Å². The van der Waals surface area contributed by atoms with E-state index in [0.29, 0.717) is 6.42 Å². The van der Waals surface area contributed by atoms with Crippen LogP contribution in [0.4, 0.5) is 0 Å². The van der Waals surface area contributed by atoms with E-state index in [0.717, 1.165) is 83.5 Å². The summed E-state index contributed by atoms with van der Waals surface area (Å²) in [5.41, 5.74) is 5.32. The van der Waals surface area contributed by atoms with Crippen molar-refractivity contribution in [3.05, 3.63) is 48.6 Å². The van der Waals surface area contributed by atoms with Crippen molar-refractivity contribution >= 4 is 19.8 Å². The number of ether oxygens (including phenoxy) is 2. The Kier molecular flexibility index (Phi) is 34.3. The van der Waals surface area contributed by atoms with Crippen molar-refractivity contribution in [3.8, 4) is 0 Å². The second-order valence-electron chi connectivity index (χ2n) is 12.4. The van der Waals surface area contributed by atoms with E-state index in [2.05, 4.69) is 62.5 Å². The van der Waals surface area contributed by atoms with Gasteiger partial charge in [-0.2, -0.15) is 0 Å². The number of phosphoric ester groups is 1. The van der Waals surface area contributed by atoms with Gasteiger partial charge in [0.05, 0.1) is 13.2 Å². The molecule has 10 heteroatoms. The molecule has 0 aromatic carbocycles. The second-order valence-corrected chi connectivity index (χ2v) is 13.9. The molecule has 0 radical (unpaired) electrons. The first-order valence-corrected chi connectivity index (χ1v) is 20.6. The molecule has 0 saturated carbocycles. The molecule has 0 bridgehead atoms. The van der Waals surface area contributed by atoms with Gasteiger partial charge in [-0.3, -0.25) is 18.6 Å². The molecule has 0 fully saturated rings. The first-order chi connectivity index (χ1) is 23.8. The largest absolute Gasteiger partial charge is 0.472 e. The maximum Gasteiger partial charge on any atom is 0.472 e. The molecule has 0 aliphatic carbocycles. The van der Waals surface area contributed by atoms with Gasteiger partial charge in [0, 0.05) is 19.4 Å². The summed E-state index contributed by atoms with van der Waals surface area (Å²) in [7, 11) is -4.37. The molecule has 2 unspecified atom stereocenters. The molecule has 2 atom stereocenters. The van der Waals surface area contributed by atoms with Gasteiger partial charge in [0.15, 0.2) is 6.10 Å². The third-order valence-electron chi connectivity index (χ3n) is 7.73. The molecule has 0 rings (SSSR count). The van der Waals surface area contributed by atoms with Gasteiger partial charge in [0.1, 0.15) is 6.61 Å². The van der Waals surface area contributed by atoms with E-state index in [9.17, 15) is 19.0 Å². The van der Waals surface area contributed by atoms with Gasteiger partial charge in [-0.15, -0.1) is 0 Å². The Labute approximate surface area is 298 Å². The smallest absolute Gasteiger partial charge is 0.462 e. The van der Waals surface area contributed by atoms with Crippen LogP contribution < -0.4 is 5.73 Å². The number of unbranched alkanes of at least 4 members (excludes halogenated alkanes) is 14. The maximum absolute atomic E-state index is 12.5. The minimum atomic E-state index is -4.37. The number of hydrogen-bond acceptors (Lipinski definition) is 8. The summed E-state index contributed by atoms with van der Waals surface area (Å²) < 4.78 is 32.6. The molecule has 0 spiro atoms. The molecule has 0 aliphatic rings. The summed E-state index contributed by atoms with van der Waals surface area (Å²) in [5.74, 6) is -0.851. The fourth-order valence-corrected chi connectivity index (χ4v) is 5.68. The molecule has 9 nitrogen and oxygen atoms in total. The topological polar surface area (TPSA) is 134 Å². The van der Waals surface area contributed by atoms with Crippen LogP contribution >= 0.6 is 7.82 Å². The van der Waals surface area contributed by atoms with Crippen LogP contribution in [0, 0.1) is 0 Å². The third-order valence-corrected chi connectivity index (χ3v) is 8.71. The van der Waals surface area contributed by atoms with Gasteiger partial charge in [0.2, 0.25) is 0 Å². The van der Waals surface area contributed by atoms with E-state index in [-0.39, 0.29) is 32.6 Å². The normalized spacial score (nSPS) is 14.0. The monoisotopic (exact) mass is 711 g/mol. The zero-order valence-electron chi connectivity index (χ0n) is 30.9. The van der Waals surface area contributed by atoms with E-state index >= 15 is 0 Å². The van der Waals surface area contributed by atoms with Crippen LogP contribution in [0.3, 0.4) is 0 Å². The Morgan fingerprint density at radius 2 is 1.12 bits per heavy atom. The van der Waals surface area contributed by atoms with Crippen LogP contribution in [0.15, 0.2) is 48.6 Å². The molecular weight excluding hydrogens is 641 g/mol. The van der Waals surface area contributed by atoms with Crippen LogP contribution in [0.2, 0.25) is 0 Å². The van der Waals surface area contributed by atoms with Crippen LogP contribution in [-0.4, -0.2) is 49.3 Å². The zero-order chi connectivity index (χ0) is 36.1. The number of esters is 2. The van der Waals surface area contributed by atoms with E-state index in [1.165, 1.54) is 38.5 Å². The molecule has 0 saturated heterocycles. The number of carbonyl (C=O) groups excluding carboxylic acids is 2.